The van der Waals surface area contributed by atoms with E-state index in [9.17, 15) is 19.5 Å². The molecule has 0 saturated carbocycles. The SMILES string of the molecule is C[C@H]1C=C2c3ccc4cc(OC(=O)c5ccccc5)ccc4c3CC[C@]2(C)[C@@]1(O)C(=O)COC(=O)c1ccccc1. The number of carbonyl (C=O) groups is 3. The van der Waals surface area contributed by atoms with Crippen molar-refractivity contribution in [3.05, 3.63) is 119 Å². The molecule has 0 spiro atoms. The lowest BCUT2D eigenvalue weighted by Crippen LogP contribution is -2.56. The largest absolute Gasteiger partial charge is 0.454 e. The predicted octanol–water partition coefficient (Wildman–Crippen LogP) is 6.20. The second-order valence-electron chi connectivity index (χ2n) is 11.1. The van der Waals surface area contributed by atoms with Crippen LogP contribution in [0.2, 0.25) is 0 Å². The van der Waals surface area contributed by atoms with Crippen molar-refractivity contribution in [3.8, 4) is 5.75 Å². The van der Waals surface area contributed by atoms with Gasteiger partial charge in [0.15, 0.2) is 6.61 Å². The standard InChI is InChI=1S/C35H30O6/c1-22-19-30-29-15-13-25-20-26(41-33(38)24-11-7-4-8-12-24)14-16-27(25)28(29)17-18-34(30,2)35(22,39)31(36)21-40-32(37)23-9-5-3-6-10-23/h3-16,19-20,22,39H,17-18,21H2,1-2H3/t22-,34-,35-/m0/s1. The van der Waals surface area contributed by atoms with Crippen molar-refractivity contribution in [1.29, 1.82) is 0 Å². The highest BCUT2D eigenvalue weighted by Crippen LogP contribution is 2.59. The number of rotatable bonds is 6. The van der Waals surface area contributed by atoms with Gasteiger partial charge in [0.1, 0.15) is 11.4 Å². The third-order valence-electron chi connectivity index (χ3n) is 8.77. The minimum atomic E-state index is -1.71. The van der Waals surface area contributed by atoms with Crippen molar-refractivity contribution in [1.82, 2.24) is 0 Å². The zero-order chi connectivity index (χ0) is 28.8. The van der Waals surface area contributed by atoms with Crippen LogP contribution in [0.5, 0.6) is 5.75 Å². The number of ketones is 1. The topological polar surface area (TPSA) is 89.9 Å². The molecule has 0 saturated heterocycles. The summed E-state index contributed by atoms with van der Waals surface area (Å²) in [5.74, 6) is -1.52. The first kappa shape index (κ1) is 26.7. The monoisotopic (exact) mass is 546 g/mol. The molecule has 6 nitrogen and oxygen atoms in total. The van der Waals surface area contributed by atoms with Crippen LogP contribution < -0.4 is 4.74 Å². The third-order valence-corrected chi connectivity index (χ3v) is 8.77. The van der Waals surface area contributed by atoms with Crippen LogP contribution in [0.25, 0.3) is 16.3 Å². The van der Waals surface area contributed by atoms with Crippen LogP contribution in [-0.4, -0.2) is 35.0 Å². The highest BCUT2D eigenvalue weighted by atomic mass is 16.5. The molecule has 2 aliphatic rings. The maximum atomic E-state index is 13.5. The third kappa shape index (κ3) is 4.35. The van der Waals surface area contributed by atoms with Gasteiger partial charge in [-0.1, -0.05) is 74.5 Å². The Morgan fingerprint density at radius 1 is 0.878 bits per heavy atom. The van der Waals surface area contributed by atoms with E-state index in [1.165, 1.54) is 0 Å². The van der Waals surface area contributed by atoms with E-state index in [0.29, 0.717) is 29.7 Å². The number of esters is 2. The Morgan fingerprint density at radius 2 is 1.54 bits per heavy atom. The zero-order valence-corrected chi connectivity index (χ0v) is 22.9. The minimum Gasteiger partial charge on any atom is -0.454 e. The number of hydrogen-bond acceptors (Lipinski definition) is 6. The van der Waals surface area contributed by atoms with E-state index >= 15 is 0 Å². The number of Topliss-reactive ketones (excluding diaryl/α,β-unsaturated/α-hetero) is 1. The van der Waals surface area contributed by atoms with Gasteiger partial charge in [-0.15, -0.1) is 0 Å². The summed E-state index contributed by atoms with van der Waals surface area (Å²) in [5, 5.41) is 14.0. The molecule has 3 atom stereocenters. The Hall–Kier alpha value is -4.55. The number of benzene rings is 4. The van der Waals surface area contributed by atoms with Gasteiger partial charge in [-0.25, -0.2) is 9.59 Å². The minimum absolute atomic E-state index is 0.355. The van der Waals surface area contributed by atoms with Gasteiger partial charge in [0.25, 0.3) is 0 Å². The summed E-state index contributed by atoms with van der Waals surface area (Å²) in [4.78, 5) is 38.5. The number of fused-ring (bicyclic) bond motifs is 5. The molecule has 6 rings (SSSR count). The summed E-state index contributed by atoms with van der Waals surface area (Å²) in [6.45, 7) is 3.26. The molecule has 0 amide bonds. The number of ether oxygens (including phenoxy) is 2. The summed E-state index contributed by atoms with van der Waals surface area (Å²) < 4.78 is 10.9. The second-order valence-corrected chi connectivity index (χ2v) is 11.1. The Labute approximate surface area is 238 Å². The Kier molecular flexibility index (Phi) is 6.59. The first-order valence-electron chi connectivity index (χ1n) is 13.8. The molecular formula is C35H30O6. The van der Waals surface area contributed by atoms with Crippen molar-refractivity contribution in [2.45, 2.75) is 32.3 Å². The molecule has 6 heteroatoms. The van der Waals surface area contributed by atoms with Crippen LogP contribution >= 0.6 is 0 Å². The molecule has 0 unspecified atom stereocenters. The predicted molar refractivity (Wildman–Crippen MR) is 156 cm³/mol. The summed E-state index contributed by atoms with van der Waals surface area (Å²) in [6, 6.07) is 27.0. The van der Waals surface area contributed by atoms with Crippen LogP contribution in [0.4, 0.5) is 0 Å². The van der Waals surface area contributed by atoms with Gasteiger partial charge in [-0.3, -0.25) is 4.79 Å². The number of carbonyl (C=O) groups excluding carboxylic acids is 3. The van der Waals surface area contributed by atoms with Gasteiger partial charge >= 0.3 is 11.9 Å². The van der Waals surface area contributed by atoms with E-state index in [2.05, 4.69) is 0 Å². The smallest absolute Gasteiger partial charge is 0.343 e. The highest BCUT2D eigenvalue weighted by Gasteiger charge is 2.61. The van der Waals surface area contributed by atoms with Crippen LogP contribution in [-0.2, 0) is 16.0 Å². The number of aryl methyl sites for hydroxylation is 1. The fourth-order valence-electron chi connectivity index (χ4n) is 6.51. The van der Waals surface area contributed by atoms with Crippen molar-refractivity contribution in [2.75, 3.05) is 6.61 Å². The molecule has 206 valence electrons. The zero-order valence-electron chi connectivity index (χ0n) is 22.9. The van der Waals surface area contributed by atoms with Crippen LogP contribution in [0.1, 0.15) is 52.1 Å². The maximum Gasteiger partial charge on any atom is 0.343 e. The van der Waals surface area contributed by atoms with Crippen molar-refractivity contribution in [3.63, 3.8) is 0 Å². The molecule has 2 aliphatic carbocycles. The molecule has 0 aliphatic heterocycles. The summed E-state index contributed by atoms with van der Waals surface area (Å²) >= 11 is 0. The van der Waals surface area contributed by atoms with Gasteiger partial charge in [-0.2, -0.15) is 0 Å². The molecule has 4 aromatic rings. The maximum absolute atomic E-state index is 13.5. The average molecular weight is 547 g/mol. The van der Waals surface area contributed by atoms with E-state index in [-0.39, 0.29) is 0 Å². The molecule has 0 aromatic heterocycles. The van der Waals surface area contributed by atoms with Crippen molar-refractivity contribution >= 4 is 34.1 Å². The lowest BCUT2D eigenvalue weighted by atomic mass is 9.60. The van der Waals surface area contributed by atoms with Gasteiger partial charge in [0, 0.05) is 11.3 Å². The molecular weight excluding hydrogens is 516 g/mol. The first-order valence-corrected chi connectivity index (χ1v) is 13.8. The normalized spacial score (nSPS) is 22.8. The quantitative estimate of drug-likeness (QED) is 0.229. The lowest BCUT2D eigenvalue weighted by Gasteiger charge is -2.45. The van der Waals surface area contributed by atoms with Gasteiger partial charge in [0.2, 0.25) is 5.78 Å². The molecule has 4 aromatic carbocycles. The van der Waals surface area contributed by atoms with E-state index in [1.54, 1.807) is 60.7 Å². The molecule has 0 heterocycles. The van der Waals surface area contributed by atoms with Crippen LogP contribution in [0, 0.1) is 11.3 Å². The summed E-state index contributed by atoms with van der Waals surface area (Å²) in [5.41, 5.74) is 1.35. The molecule has 0 radical (unpaired) electrons. The Bertz CT molecular complexity index is 1710. The fourth-order valence-corrected chi connectivity index (χ4v) is 6.51. The van der Waals surface area contributed by atoms with E-state index in [1.807, 2.05) is 50.3 Å². The fraction of sp³-hybridized carbons (Fsp3) is 0.229. The molecule has 1 N–H and O–H groups in total. The second kappa shape index (κ2) is 10.1. The van der Waals surface area contributed by atoms with E-state index < -0.39 is 41.3 Å². The summed E-state index contributed by atoms with van der Waals surface area (Å²) in [6.07, 6.45) is 3.18. The molecule has 0 fully saturated rings. The summed E-state index contributed by atoms with van der Waals surface area (Å²) in [7, 11) is 0. The molecule has 0 bridgehead atoms. The van der Waals surface area contributed by atoms with Gasteiger partial charge in [0.05, 0.1) is 11.1 Å². The van der Waals surface area contributed by atoms with Crippen LogP contribution in [0.15, 0.2) is 97.1 Å². The Morgan fingerprint density at radius 3 is 2.22 bits per heavy atom. The Balaban J connectivity index is 1.25. The van der Waals surface area contributed by atoms with Gasteiger partial charge in [-0.05, 0) is 76.7 Å². The first-order chi connectivity index (χ1) is 19.7. The van der Waals surface area contributed by atoms with Crippen molar-refractivity contribution < 1.29 is 29.0 Å². The van der Waals surface area contributed by atoms with Crippen LogP contribution in [0.3, 0.4) is 0 Å². The average Bonchev–Trinajstić information content (AvgIpc) is 3.22. The molecule has 41 heavy (non-hydrogen) atoms. The number of aliphatic hydroxyl groups is 1. The lowest BCUT2D eigenvalue weighted by molar-refractivity contribution is -0.155. The highest BCUT2D eigenvalue weighted by molar-refractivity contribution is 6.00. The van der Waals surface area contributed by atoms with E-state index in [0.717, 1.165) is 27.5 Å². The van der Waals surface area contributed by atoms with E-state index in [4.69, 9.17) is 9.47 Å². The van der Waals surface area contributed by atoms with Gasteiger partial charge < -0.3 is 14.6 Å². The number of hydrogen-bond donors (Lipinski definition) is 1. The van der Waals surface area contributed by atoms with Crippen molar-refractivity contribution in [2.24, 2.45) is 11.3 Å².